The van der Waals surface area contributed by atoms with Crippen molar-refractivity contribution in [1.82, 2.24) is 5.32 Å². The van der Waals surface area contributed by atoms with Gasteiger partial charge >= 0.3 is 6.61 Å². The van der Waals surface area contributed by atoms with Crippen molar-refractivity contribution in [3.8, 4) is 11.5 Å². The molecular weight excluding hydrogens is 334 g/mol. The Morgan fingerprint density at radius 2 is 2.12 bits per heavy atom. The standard InChI is InChI=1S/C17H24F2N2O4/c1-2-24-13-5-3-4-12(14(13)25-16(18)19)10-21-15(22)17(11-20)6-8-23-9-7-17/h3-5,16H,2,6-11,20H2,1H3,(H,21,22). The van der Waals surface area contributed by atoms with Gasteiger partial charge in [0.05, 0.1) is 12.0 Å². The number of benzene rings is 1. The molecule has 8 heteroatoms. The topological polar surface area (TPSA) is 82.8 Å². The minimum atomic E-state index is -2.98. The summed E-state index contributed by atoms with van der Waals surface area (Å²) in [5.74, 6) is -0.0503. The van der Waals surface area contributed by atoms with E-state index in [0.29, 0.717) is 38.2 Å². The van der Waals surface area contributed by atoms with Crippen LogP contribution in [0.25, 0.3) is 0 Å². The van der Waals surface area contributed by atoms with Crippen LogP contribution in [0.15, 0.2) is 18.2 Å². The third-order valence-electron chi connectivity index (χ3n) is 4.33. The van der Waals surface area contributed by atoms with Gasteiger partial charge in [0.1, 0.15) is 0 Å². The number of hydrogen-bond donors (Lipinski definition) is 2. The third kappa shape index (κ3) is 4.79. The fourth-order valence-electron chi connectivity index (χ4n) is 2.84. The largest absolute Gasteiger partial charge is 0.490 e. The highest BCUT2D eigenvalue weighted by molar-refractivity contribution is 5.83. The van der Waals surface area contributed by atoms with Gasteiger partial charge in [0.25, 0.3) is 0 Å². The van der Waals surface area contributed by atoms with Crippen molar-refractivity contribution in [2.75, 3.05) is 26.4 Å². The zero-order valence-electron chi connectivity index (χ0n) is 14.2. The molecule has 0 saturated carbocycles. The van der Waals surface area contributed by atoms with Crippen molar-refractivity contribution in [2.24, 2.45) is 11.1 Å². The molecule has 1 aliphatic rings. The molecule has 0 bridgehead atoms. The van der Waals surface area contributed by atoms with Crippen LogP contribution in [0.5, 0.6) is 11.5 Å². The molecule has 1 aromatic carbocycles. The summed E-state index contributed by atoms with van der Waals surface area (Å²) in [7, 11) is 0. The number of nitrogens with two attached hydrogens (primary N) is 1. The van der Waals surface area contributed by atoms with Gasteiger partial charge in [-0.3, -0.25) is 4.79 Å². The number of nitrogens with one attached hydrogen (secondary N) is 1. The fraction of sp³-hybridized carbons (Fsp3) is 0.588. The van der Waals surface area contributed by atoms with Crippen LogP contribution in [0, 0.1) is 5.41 Å². The lowest BCUT2D eigenvalue weighted by molar-refractivity contribution is -0.136. The minimum Gasteiger partial charge on any atom is -0.490 e. The summed E-state index contributed by atoms with van der Waals surface area (Å²) < 4.78 is 40.7. The van der Waals surface area contributed by atoms with E-state index in [9.17, 15) is 13.6 Å². The molecule has 2 rings (SSSR count). The van der Waals surface area contributed by atoms with Gasteiger partial charge in [0.15, 0.2) is 11.5 Å². The Bertz CT molecular complexity index is 578. The maximum atomic E-state index is 12.7. The van der Waals surface area contributed by atoms with Crippen LogP contribution in [0.4, 0.5) is 8.78 Å². The van der Waals surface area contributed by atoms with Crippen molar-refractivity contribution in [3.63, 3.8) is 0 Å². The molecule has 0 spiro atoms. The monoisotopic (exact) mass is 358 g/mol. The number of carbonyl (C=O) groups is 1. The first-order chi connectivity index (χ1) is 12.0. The van der Waals surface area contributed by atoms with Gasteiger partial charge < -0.3 is 25.3 Å². The quantitative estimate of drug-likeness (QED) is 0.743. The zero-order chi connectivity index (χ0) is 18.3. The van der Waals surface area contributed by atoms with Crippen LogP contribution < -0.4 is 20.5 Å². The highest BCUT2D eigenvalue weighted by Gasteiger charge is 2.38. The molecule has 0 aliphatic carbocycles. The summed E-state index contributed by atoms with van der Waals surface area (Å²) in [6.07, 6.45) is 1.07. The van der Waals surface area contributed by atoms with Gasteiger partial charge in [0, 0.05) is 31.9 Å². The van der Waals surface area contributed by atoms with Crippen molar-refractivity contribution in [2.45, 2.75) is 32.9 Å². The predicted octanol–water partition coefficient (Wildman–Crippen LogP) is 2.06. The second kappa shape index (κ2) is 8.96. The first-order valence-corrected chi connectivity index (χ1v) is 8.28. The van der Waals surface area contributed by atoms with E-state index in [1.165, 1.54) is 0 Å². The van der Waals surface area contributed by atoms with Gasteiger partial charge in [0.2, 0.25) is 5.91 Å². The molecule has 0 radical (unpaired) electrons. The molecular formula is C17H24F2N2O4. The smallest absolute Gasteiger partial charge is 0.387 e. The summed E-state index contributed by atoms with van der Waals surface area (Å²) in [6.45, 7) is 0.282. The number of amides is 1. The van der Waals surface area contributed by atoms with Crippen LogP contribution in [0.3, 0.4) is 0 Å². The van der Waals surface area contributed by atoms with E-state index in [1.54, 1.807) is 25.1 Å². The average Bonchev–Trinajstić information content (AvgIpc) is 2.62. The number of hydrogen-bond acceptors (Lipinski definition) is 5. The second-order valence-electron chi connectivity index (χ2n) is 5.84. The van der Waals surface area contributed by atoms with Crippen LogP contribution in [-0.2, 0) is 16.1 Å². The lowest BCUT2D eigenvalue weighted by Crippen LogP contribution is -2.49. The first-order valence-electron chi connectivity index (χ1n) is 8.28. The van der Waals surface area contributed by atoms with Gasteiger partial charge in [-0.25, -0.2) is 0 Å². The summed E-state index contributed by atoms with van der Waals surface area (Å²) in [6, 6.07) is 4.82. The van der Waals surface area contributed by atoms with Gasteiger partial charge in [-0.2, -0.15) is 8.78 Å². The average molecular weight is 358 g/mol. The second-order valence-corrected chi connectivity index (χ2v) is 5.84. The number of ether oxygens (including phenoxy) is 3. The summed E-state index contributed by atoms with van der Waals surface area (Å²) >= 11 is 0. The van der Waals surface area contributed by atoms with E-state index >= 15 is 0 Å². The summed E-state index contributed by atoms with van der Waals surface area (Å²) in [5, 5.41) is 2.79. The first kappa shape index (κ1) is 19.4. The van der Waals surface area contributed by atoms with E-state index in [1.807, 2.05) is 0 Å². The molecule has 1 aliphatic heterocycles. The predicted molar refractivity (Wildman–Crippen MR) is 87.6 cm³/mol. The van der Waals surface area contributed by atoms with Gasteiger partial charge in [-0.05, 0) is 25.8 Å². The SMILES string of the molecule is CCOc1cccc(CNC(=O)C2(CN)CCOCC2)c1OC(F)F. The minimum absolute atomic E-state index is 0.0460. The molecule has 25 heavy (non-hydrogen) atoms. The highest BCUT2D eigenvalue weighted by atomic mass is 19.3. The number of rotatable bonds is 8. The molecule has 0 unspecified atom stereocenters. The number of carbonyl (C=O) groups excluding carboxylic acids is 1. The van der Waals surface area contributed by atoms with Crippen LogP contribution in [-0.4, -0.2) is 38.9 Å². The number of halogens is 2. The highest BCUT2D eigenvalue weighted by Crippen LogP contribution is 2.34. The molecule has 0 aromatic heterocycles. The normalized spacial score (nSPS) is 16.5. The van der Waals surface area contributed by atoms with E-state index in [4.69, 9.17) is 15.2 Å². The lowest BCUT2D eigenvalue weighted by Gasteiger charge is -2.34. The van der Waals surface area contributed by atoms with Crippen LogP contribution >= 0.6 is 0 Å². The fourth-order valence-corrected chi connectivity index (χ4v) is 2.84. The number of para-hydroxylation sites is 1. The van der Waals surface area contributed by atoms with E-state index in [0.717, 1.165) is 0 Å². The Labute approximate surface area is 145 Å². The molecule has 1 aromatic rings. The molecule has 6 nitrogen and oxygen atoms in total. The Morgan fingerprint density at radius 1 is 1.40 bits per heavy atom. The van der Waals surface area contributed by atoms with Crippen LogP contribution in [0.2, 0.25) is 0 Å². The van der Waals surface area contributed by atoms with Crippen molar-refractivity contribution < 1.29 is 27.8 Å². The number of alkyl halides is 2. The summed E-state index contributed by atoms with van der Waals surface area (Å²) in [5.41, 5.74) is 5.54. The molecule has 3 N–H and O–H groups in total. The molecule has 1 saturated heterocycles. The van der Waals surface area contributed by atoms with Gasteiger partial charge in [-0.15, -0.1) is 0 Å². The molecule has 1 fully saturated rings. The van der Waals surface area contributed by atoms with Crippen LogP contribution in [0.1, 0.15) is 25.3 Å². The maximum absolute atomic E-state index is 12.7. The zero-order valence-corrected chi connectivity index (χ0v) is 14.2. The van der Waals surface area contributed by atoms with Crippen molar-refractivity contribution in [3.05, 3.63) is 23.8 Å². The van der Waals surface area contributed by atoms with Crippen molar-refractivity contribution in [1.29, 1.82) is 0 Å². The molecule has 1 heterocycles. The Balaban J connectivity index is 2.13. The maximum Gasteiger partial charge on any atom is 0.387 e. The Morgan fingerprint density at radius 3 is 2.72 bits per heavy atom. The Kier molecular flexibility index (Phi) is 6.95. The summed E-state index contributed by atoms with van der Waals surface area (Å²) in [4.78, 5) is 12.6. The molecule has 0 atom stereocenters. The molecule has 1 amide bonds. The van der Waals surface area contributed by atoms with E-state index in [-0.39, 0.29) is 30.5 Å². The van der Waals surface area contributed by atoms with E-state index < -0.39 is 12.0 Å². The molecule has 140 valence electrons. The van der Waals surface area contributed by atoms with Gasteiger partial charge in [-0.1, -0.05) is 12.1 Å². The third-order valence-corrected chi connectivity index (χ3v) is 4.33. The van der Waals surface area contributed by atoms with E-state index in [2.05, 4.69) is 10.1 Å². The Hall–Kier alpha value is -1.93. The van der Waals surface area contributed by atoms with Crippen molar-refractivity contribution >= 4 is 5.91 Å². The lowest BCUT2D eigenvalue weighted by atomic mass is 9.79.